The van der Waals surface area contributed by atoms with E-state index in [0.717, 1.165) is 31.9 Å². The molecule has 1 aliphatic heterocycles. The van der Waals surface area contributed by atoms with Crippen molar-refractivity contribution < 1.29 is 9.94 Å². The number of aromatic nitrogens is 1. The maximum absolute atomic E-state index is 8.67. The number of methoxy groups -OCH3 is 1. The molecule has 0 spiro atoms. The van der Waals surface area contributed by atoms with E-state index in [0.29, 0.717) is 11.5 Å². The molecule has 6 heteroatoms. The van der Waals surface area contributed by atoms with Crippen LogP contribution in [0.15, 0.2) is 23.5 Å². The first-order chi connectivity index (χ1) is 8.74. The molecule has 0 radical (unpaired) electrons. The van der Waals surface area contributed by atoms with E-state index in [1.807, 2.05) is 6.07 Å². The fourth-order valence-electron chi connectivity index (χ4n) is 2.22. The van der Waals surface area contributed by atoms with Gasteiger partial charge in [-0.05, 0) is 18.6 Å². The van der Waals surface area contributed by atoms with Crippen molar-refractivity contribution >= 4 is 11.7 Å². The average Bonchev–Trinajstić information content (AvgIpc) is 2.87. The predicted molar refractivity (Wildman–Crippen MR) is 68.9 cm³/mol. The summed E-state index contributed by atoms with van der Waals surface area (Å²) in [6.45, 7) is 2.66. The summed E-state index contributed by atoms with van der Waals surface area (Å²) in [6, 6.07) is 3.56. The van der Waals surface area contributed by atoms with E-state index in [9.17, 15) is 0 Å². The zero-order valence-corrected chi connectivity index (χ0v) is 10.4. The molecule has 1 aromatic rings. The molecular formula is C12H18N4O2. The van der Waals surface area contributed by atoms with Crippen LogP contribution in [0.1, 0.15) is 12.0 Å². The van der Waals surface area contributed by atoms with Crippen molar-refractivity contribution in [1.82, 2.24) is 4.98 Å². The first kappa shape index (κ1) is 12.6. The number of hydrogen-bond donors (Lipinski definition) is 2. The molecule has 3 N–H and O–H groups in total. The van der Waals surface area contributed by atoms with Crippen LogP contribution in [0.25, 0.3) is 0 Å². The maximum Gasteiger partial charge on any atom is 0.170 e. The minimum atomic E-state index is 0.103. The average molecular weight is 250 g/mol. The summed E-state index contributed by atoms with van der Waals surface area (Å²) < 4.78 is 5.17. The topological polar surface area (TPSA) is 84.0 Å². The first-order valence-corrected chi connectivity index (χ1v) is 5.92. The second kappa shape index (κ2) is 5.68. The lowest BCUT2D eigenvalue weighted by atomic mass is 10.1. The van der Waals surface area contributed by atoms with Crippen LogP contribution in [0.3, 0.4) is 0 Å². The number of ether oxygens (including phenoxy) is 1. The Kier molecular flexibility index (Phi) is 3.99. The Labute approximate surface area is 106 Å². The Bertz CT molecular complexity index is 436. The number of nitrogens with zero attached hydrogens (tertiary/aromatic N) is 3. The monoisotopic (exact) mass is 250 g/mol. The summed E-state index contributed by atoms with van der Waals surface area (Å²) in [4.78, 5) is 6.52. The summed E-state index contributed by atoms with van der Waals surface area (Å²) in [5, 5.41) is 11.7. The molecule has 0 aliphatic carbocycles. The van der Waals surface area contributed by atoms with E-state index in [2.05, 4.69) is 15.0 Å². The van der Waals surface area contributed by atoms with Crippen LogP contribution in [-0.2, 0) is 4.74 Å². The molecule has 1 saturated heterocycles. The van der Waals surface area contributed by atoms with Crippen molar-refractivity contribution in [2.45, 2.75) is 6.42 Å². The molecule has 0 aromatic carbocycles. The highest BCUT2D eigenvalue weighted by Crippen LogP contribution is 2.22. The first-order valence-electron chi connectivity index (χ1n) is 5.92. The highest BCUT2D eigenvalue weighted by atomic mass is 16.5. The summed E-state index contributed by atoms with van der Waals surface area (Å²) in [5.41, 5.74) is 6.25. The molecule has 1 fully saturated rings. The number of oxime groups is 1. The largest absolute Gasteiger partial charge is 0.409 e. The third-order valence-electron chi connectivity index (χ3n) is 3.16. The van der Waals surface area contributed by atoms with Crippen molar-refractivity contribution in [3.63, 3.8) is 0 Å². The van der Waals surface area contributed by atoms with Gasteiger partial charge in [-0.15, -0.1) is 0 Å². The van der Waals surface area contributed by atoms with Crippen molar-refractivity contribution in [2.24, 2.45) is 16.8 Å². The molecule has 1 atom stereocenters. The Balaban J connectivity index is 2.10. The molecule has 1 unspecified atom stereocenters. The van der Waals surface area contributed by atoms with E-state index >= 15 is 0 Å². The summed E-state index contributed by atoms with van der Waals surface area (Å²) in [5.74, 6) is 1.51. The van der Waals surface area contributed by atoms with Gasteiger partial charge >= 0.3 is 0 Å². The van der Waals surface area contributed by atoms with Crippen LogP contribution in [0.4, 0.5) is 5.82 Å². The Morgan fingerprint density at radius 1 is 1.72 bits per heavy atom. The van der Waals surface area contributed by atoms with Gasteiger partial charge in [0.15, 0.2) is 5.84 Å². The SMILES string of the molecule is COCC1CCN(c2cc(C(N)=NO)ccn2)C1. The van der Waals surface area contributed by atoms with Crippen LogP contribution in [0.2, 0.25) is 0 Å². The molecule has 1 aliphatic rings. The van der Waals surface area contributed by atoms with E-state index in [-0.39, 0.29) is 5.84 Å². The number of rotatable bonds is 4. The predicted octanol–water partition coefficient (Wildman–Crippen LogP) is 0.649. The van der Waals surface area contributed by atoms with Gasteiger partial charge in [-0.1, -0.05) is 5.16 Å². The molecule has 98 valence electrons. The zero-order valence-electron chi connectivity index (χ0n) is 10.4. The van der Waals surface area contributed by atoms with Gasteiger partial charge in [0.05, 0.1) is 6.61 Å². The fraction of sp³-hybridized carbons (Fsp3) is 0.500. The Morgan fingerprint density at radius 2 is 2.56 bits per heavy atom. The van der Waals surface area contributed by atoms with Gasteiger partial charge in [0.1, 0.15) is 5.82 Å². The van der Waals surface area contributed by atoms with Gasteiger partial charge in [0, 0.05) is 37.9 Å². The third-order valence-corrected chi connectivity index (χ3v) is 3.16. The van der Waals surface area contributed by atoms with Crippen LogP contribution in [-0.4, -0.2) is 42.8 Å². The van der Waals surface area contributed by atoms with Gasteiger partial charge in [-0.25, -0.2) is 4.98 Å². The maximum atomic E-state index is 8.67. The Hall–Kier alpha value is -1.82. The van der Waals surface area contributed by atoms with Crippen molar-refractivity contribution in [3.8, 4) is 0 Å². The highest BCUT2D eigenvalue weighted by Gasteiger charge is 2.23. The highest BCUT2D eigenvalue weighted by molar-refractivity contribution is 5.97. The van der Waals surface area contributed by atoms with E-state index < -0.39 is 0 Å². The summed E-state index contributed by atoms with van der Waals surface area (Å²) >= 11 is 0. The van der Waals surface area contributed by atoms with Gasteiger partial charge in [-0.3, -0.25) is 0 Å². The summed E-state index contributed by atoms with van der Waals surface area (Å²) in [7, 11) is 1.72. The van der Waals surface area contributed by atoms with Crippen LogP contribution in [0.5, 0.6) is 0 Å². The normalized spacial score (nSPS) is 20.4. The second-order valence-electron chi connectivity index (χ2n) is 4.44. The molecule has 2 heterocycles. The van der Waals surface area contributed by atoms with Crippen LogP contribution in [0, 0.1) is 5.92 Å². The summed E-state index contributed by atoms with van der Waals surface area (Å²) in [6.07, 6.45) is 2.77. The van der Waals surface area contributed by atoms with Crippen LogP contribution >= 0.6 is 0 Å². The number of hydrogen-bond acceptors (Lipinski definition) is 5. The van der Waals surface area contributed by atoms with Crippen molar-refractivity contribution in [3.05, 3.63) is 23.9 Å². The minimum absolute atomic E-state index is 0.103. The molecule has 0 bridgehead atoms. The van der Waals surface area contributed by atoms with Crippen LogP contribution < -0.4 is 10.6 Å². The lowest BCUT2D eigenvalue weighted by Crippen LogP contribution is -2.23. The van der Waals surface area contributed by atoms with Gasteiger partial charge < -0.3 is 20.6 Å². The number of amidine groups is 1. The molecule has 0 amide bonds. The van der Waals surface area contributed by atoms with E-state index in [4.69, 9.17) is 15.7 Å². The number of nitrogens with two attached hydrogens (primary N) is 1. The Morgan fingerprint density at radius 3 is 3.28 bits per heavy atom. The van der Waals surface area contributed by atoms with Crippen molar-refractivity contribution in [1.29, 1.82) is 0 Å². The van der Waals surface area contributed by atoms with Gasteiger partial charge in [-0.2, -0.15) is 0 Å². The van der Waals surface area contributed by atoms with Gasteiger partial charge in [0.25, 0.3) is 0 Å². The smallest absolute Gasteiger partial charge is 0.170 e. The third kappa shape index (κ3) is 2.70. The lowest BCUT2D eigenvalue weighted by Gasteiger charge is -2.17. The second-order valence-corrected chi connectivity index (χ2v) is 4.44. The van der Waals surface area contributed by atoms with Gasteiger partial charge in [0.2, 0.25) is 0 Å². The number of anilines is 1. The minimum Gasteiger partial charge on any atom is -0.409 e. The molecule has 0 saturated carbocycles. The molecule has 6 nitrogen and oxygen atoms in total. The van der Waals surface area contributed by atoms with E-state index in [1.165, 1.54) is 0 Å². The quantitative estimate of drug-likeness (QED) is 0.355. The lowest BCUT2D eigenvalue weighted by molar-refractivity contribution is 0.161. The zero-order chi connectivity index (χ0) is 13.0. The molecule has 18 heavy (non-hydrogen) atoms. The standard InChI is InChI=1S/C12H18N4O2/c1-18-8-9-3-5-16(7-9)11-6-10(2-4-14-11)12(13)15-17/h2,4,6,9,17H,3,5,7-8H2,1H3,(H2,13,15). The van der Waals surface area contributed by atoms with E-state index in [1.54, 1.807) is 19.4 Å². The molecule has 2 rings (SSSR count). The fourth-order valence-corrected chi connectivity index (χ4v) is 2.22. The number of pyridine rings is 1. The molecular weight excluding hydrogens is 232 g/mol. The van der Waals surface area contributed by atoms with Crippen molar-refractivity contribution in [2.75, 3.05) is 31.7 Å². The molecule has 1 aromatic heterocycles.